The van der Waals surface area contributed by atoms with E-state index in [1.54, 1.807) is 49.9 Å². The minimum Gasteiger partial charge on any atom is -0.386 e. The Labute approximate surface area is 253 Å². The second-order valence-electron chi connectivity index (χ2n) is 12.3. The van der Waals surface area contributed by atoms with E-state index in [2.05, 4.69) is 16.4 Å². The fourth-order valence-electron chi connectivity index (χ4n) is 6.99. The van der Waals surface area contributed by atoms with Crippen molar-refractivity contribution in [2.24, 2.45) is 16.6 Å². The Morgan fingerprint density at radius 2 is 1.56 bits per heavy atom. The van der Waals surface area contributed by atoms with Crippen LogP contribution in [0, 0.1) is 17.2 Å². The van der Waals surface area contributed by atoms with Crippen LogP contribution in [-0.2, 0) is 23.1 Å². The molecular weight excluding hydrogens is 542 g/mol. The summed E-state index contributed by atoms with van der Waals surface area (Å²) in [5.74, 6) is 0.671. The number of nitrogens with one attached hydrogen (secondary N) is 1. The molecule has 10 heteroatoms. The Morgan fingerprint density at radius 3 is 2.05 bits per heavy atom. The molecule has 3 atom stereocenters. The molecule has 0 bridgehead atoms. The van der Waals surface area contributed by atoms with E-state index in [1.165, 1.54) is 0 Å². The van der Waals surface area contributed by atoms with E-state index >= 15 is 0 Å². The van der Waals surface area contributed by atoms with Crippen LogP contribution in [0.5, 0.6) is 0 Å². The first-order valence-electron chi connectivity index (χ1n) is 14.9. The number of hydrogen-bond acceptors (Lipinski definition) is 6. The van der Waals surface area contributed by atoms with Crippen molar-refractivity contribution in [3.05, 3.63) is 69.8 Å². The number of nitrogens with two attached hydrogens (primary N) is 1. The normalized spacial score (nSPS) is 21.5. The number of hydrogen-bond donors (Lipinski definition) is 2. The van der Waals surface area contributed by atoms with Crippen LogP contribution in [0.1, 0.15) is 62.2 Å². The fourth-order valence-corrected chi connectivity index (χ4v) is 6.99. The summed E-state index contributed by atoms with van der Waals surface area (Å²) in [7, 11) is 8.60. The van der Waals surface area contributed by atoms with Gasteiger partial charge < -0.3 is 25.8 Å². The first-order chi connectivity index (χ1) is 20.5. The zero-order valence-electron chi connectivity index (χ0n) is 25.7. The zero-order valence-corrected chi connectivity index (χ0v) is 25.7. The number of amides is 3. The summed E-state index contributed by atoms with van der Waals surface area (Å²) in [6, 6.07) is 13.7. The number of aryl methyl sites for hydroxylation is 2. The average Bonchev–Trinajstić information content (AvgIpc) is 3.70. The van der Waals surface area contributed by atoms with Crippen LogP contribution in [0.4, 0.5) is 0 Å². The minimum atomic E-state index is -0.851. The second kappa shape index (κ2) is 11.8. The molecule has 0 radical (unpaired) electrons. The lowest BCUT2D eigenvalue weighted by molar-refractivity contribution is -0.131. The lowest BCUT2D eigenvalue weighted by Crippen LogP contribution is -2.47. The van der Waals surface area contributed by atoms with Crippen LogP contribution >= 0.6 is 0 Å². The quantitative estimate of drug-likeness (QED) is 0.277. The van der Waals surface area contributed by atoms with E-state index < -0.39 is 5.41 Å². The Hall–Kier alpha value is -4.23. The maximum absolute atomic E-state index is 13.1. The van der Waals surface area contributed by atoms with Gasteiger partial charge in [0.15, 0.2) is 0 Å². The van der Waals surface area contributed by atoms with Crippen LogP contribution in [0.25, 0.3) is 0 Å². The topological polar surface area (TPSA) is 135 Å². The van der Waals surface area contributed by atoms with E-state index in [0.29, 0.717) is 48.7 Å². The molecule has 43 heavy (non-hydrogen) atoms. The Balaban J connectivity index is 1.52. The number of nitrogens with zero attached hydrogens (tertiary/aromatic N) is 5. The SMILES string of the molecule is CN=C(N)C1(CCNCC(=O)N2[C@H](C#N)C[C@@H]3C[C@@H]32)c2ccc(C(=O)N(C)C)cc2CCc2cc(C(=O)N(C)C)ccc21. The van der Waals surface area contributed by atoms with Gasteiger partial charge in [0.25, 0.3) is 11.8 Å². The van der Waals surface area contributed by atoms with Crippen LogP contribution < -0.4 is 11.1 Å². The first-order valence-corrected chi connectivity index (χ1v) is 14.9. The molecule has 2 fully saturated rings. The molecule has 2 aromatic rings. The average molecular weight is 584 g/mol. The number of fused-ring (bicyclic) bond motifs is 3. The third kappa shape index (κ3) is 5.38. The number of nitriles is 1. The lowest BCUT2D eigenvalue weighted by Gasteiger charge is -2.36. The van der Waals surface area contributed by atoms with Crippen molar-refractivity contribution in [2.75, 3.05) is 48.3 Å². The molecule has 3 aliphatic rings. The summed E-state index contributed by atoms with van der Waals surface area (Å²) in [4.78, 5) is 48.3. The molecule has 226 valence electrons. The second-order valence-corrected chi connectivity index (χ2v) is 12.3. The third-order valence-corrected chi connectivity index (χ3v) is 9.27. The van der Waals surface area contributed by atoms with Crippen molar-refractivity contribution < 1.29 is 14.4 Å². The van der Waals surface area contributed by atoms with Gasteiger partial charge in [-0.25, -0.2) is 0 Å². The molecule has 1 aliphatic heterocycles. The summed E-state index contributed by atoms with van der Waals surface area (Å²) >= 11 is 0. The van der Waals surface area contributed by atoms with Gasteiger partial charge in [-0.2, -0.15) is 5.26 Å². The zero-order chi connectivity index (χ0) is 31.1. The predicted molar refractivity (Wildman–Crippen MR) is 165 cm³/mol. The molecule has 2 aromatic carbocycles. The molecule has 0 aromatic heterocycles. The molecule has 0 spiro atoms. The highest BCUT2D eigenvalue weighted by Crippen LogP contribution is 2.47. The molecule has 3 amide bonds. The fraction of sp³-hybridized carbons (Fsp3) is 0.485. The number of carbonyl (C=O) groups is 3. The van der Waals surface area contributed by atoms with E-state index in [9.17, 15) is 19.6 Å². The van der Waals surface area contributed by atoms with E-state index in [0.717, 1.165) is 35.1 Å². The third-order valence-electron chi connectivity index (χ3n) is 9.27. The van der Waals surface area contributed by atoms with Gasteiger partial charge in [-0.1, -0.05) is 12.1 Å². The largest absolute Gasteiger partial charge is 0.386 e. The van der Waals surface area contributed by atoms with Crippen molar-refractivity contribution >= 4 is 23.6 Å². The van der Waals surface area contributed by atoms with Gasteiger partial charge in [0.1, 0.15) is 11.9 Å². The van der Waals surface area contributed by atoms with Gasteiger partial charge in [-0.05, 0) is 91.1 Å². The van der Waals surface area contributed by atoms with E-state index in [-0.39, 0.29) is 36.3 Å². The Kier molecular flexibility index (Phi) is 8.30. The number of amidine groups is 1. The standard InChI is InChI=1S/C33H41N7O3/c1-36-32(35)33(12-13-37-19-29(41)40-25(18-34)16-24-17-28(24)40)26-10-8-22(30(42)38(2)3)14-20(26)6-7-21-15-23(9-11-27(21)33)31(43)39(4)5/h8-11,14-15,24-25,28,37H,6-7,12-13,16-17,19H2,1-5H3,(H2,35,36)/t24-,25+,28+/m1/s1. The number of rotatable bonds is 8. The number of aliphatic imine (C=N–C) groups is 1. The van der Waals surface area contributed by atoms with Crippen LogP contribution in [0.2, 0.25) is 0 Å². The van der Waals surface area contributed by atoms with Crippen molar-refractivity contribution in [1.29, 1.82) is 5.26 Å². The lowest BCUT2D eigenvalue weighted by atomic mass is 9.68. The van der Waals surface area contributed by atoms with E-state index in [1.807, 2.05) is 36.4 Å². The number of carbonyl (C=O) groups excluding carboxylic acids is 3. The van der Waals surface area contributed by atoms with Gasteiger partial charge >= 0.3 is 0 Å². The monoisotopic (exact) mass is 583 g/mol. The van der Waals surface area contributed by atoms with E-state index in [4.69, 9.17) is 5.73 Å². The van der Waals surface area contributed by atoms with Gasteiger partial charge in [0.2, 0.25) is 5.91 Å². The van der Waals surface area contributed by atoms with Gasteiger partial charge in [0, 0.05) is 52.4 Å². The minimum absolute atomic E-state index is 0.0527. The van der Waals surface area contributed by atoms with Crippen molar-refractivity contribution in [2.45, 2.75) is 49.6 Å². The summed E-state index contributed by atoms with van der Waals surface area (Å²) < 4.78 is 0. The number of piperidine rings is 1. The summed E-state index contributed by atoms with van der Waals surface area (Å²) in [6.07, 6.45) is 3.58. The Bertz CT molecular complexity index is 1450. The van der Waals surface area contributed by atoms with Gasteiger partial charge in [0.05, 0.1) is 18.0 Å². The number of benzene rings is 2. The molecule has 0 unspecified atom stereocenters. The molecule has 1 saturated heterocycles. The molecule has 2 aliphatic carbocycles. The maximum Gasteiger partial charge on any atom is 0.253 e. The molecule has 10 nitrogen and oxygen atoms in total. The number of likely N-dealkylation sites (tertiary alicyclic amines) is 1. The maximum atomic E-state index is 13.1. The highest BCUT2D eigenvalue weighted by molar-refractivity contribution is 5.99. The summed E-state index contributed by atoms with van der Waals surface area (Å²) in [6.45, 7) is 0.587. The van der Waals surface area contributed by atoms with Gasteiger partial charge in [-0.15, -0.1) is 0 Å². The van der Waals surface area contributed by atoms with Gasteiger partial charge in [-0.3, -0.25) is 19.4 Å². The smallest absolute Gasteiger partial charge is 0.253 e. The molecule has 1 heterocycles. The summed E-state index contributed by atoms with van der Waals surface area (Å²) in [5.41, 5.74) is 11.1. The molecule has 5 rings (SSSR count). The first kappa shape index (κ1) is 30.2. The molecule has 1 saturated carbocycles. The summed E-state index contributed by atoms with van der Waals surface area (Å²) in [5, 5.41) is 12.9. The van der Waals surface area contributed by atoms with Crippen LogP contribution in [-0.4, -0.2) is 98.7 Å². The van der Waals surface area contributed by atoms with Crippen LogP contribution in [0.3, 0.4) is 0 Å². The van der Waals surface area contributed by atoms with Crippen molar-refractivity contribution in [3.8, 4) is 6.07 Å². The predicted octanol–water partition coefficient (Wildman–Crippen LogP) is 1.95. The molecule has 3 N–H and O–H groups in total. The highest BCUT2D eigenvalue weighted by atomic mass is 16.2. The molecular formula is C33H41N7O3. The van der Waals surface area contributed by atoms with Crippen LogP contribution in [0.15, 0.2) is 41.4 Å². The van der Waals surface area contributed by atoms with Crippen molar-refractivity contribution in [3.63, 3.8) is 0 Å². The van der Waals surface area contributed by atoms with Crippen molar-refractivity contribution in [1.82, 2.24) is 20.0 Å². The Morgan fingerprint density at radius 1 is 1.00 bits per heavy atom. The highest BCUT2D eigenvalue weighted by Gasteiger charge is 2.54.